The lowest BCUT2D eigenvalue weighted by Gasteiger charge is -2.23. The van der Waals surface area contributed by atoms with Gasteiger partial charge in [-0.1, -0.05) is 52.4 Å². The van der Waals surface area contributed by atoms with E-state index in [9.17, 15) is 34.7 Å². The summed E-state index contributed by atoms with van der Waals surface area (Å²) in [7, 11) is 0. The molecule has 0 aliphatic heterocycles. The SMILES string of the molecule is CCCCCCN(CCCCCC)C(=O)COc1cc(C(=O)O)c([N+](=O)[O-])c(C(=O)O)c1. The van der Waals surface area contributed by atoms with Crippen molar-refractivity contribution in [3.63, 3.8) is 0 Å². The monoisotopic (exact) mass is 452 g/mol. The Morgan fingerprint density at radius 2 is 1.38 bits per heavy atom. The number of carboxylic acids is 2. The van der Waals surface area contributed by atoms with Crippen molar-refractivity contribution < 1.29 is 34.3 Å². The Morgan fingerprint density at radius 3 is 1.75 bits per heavy atom. The molecular weight excluding hydrogens is 420 g/mol. The normalized spacial score (nSPS) is 10.6. The molecular formula is C22H32N2O8. The third-order valence-electron chi connectivity index (χ3n) is 5.01. The number of nitro benzene ring substituents is 1. The summed E-state index contributed by atoms with van der Waals surface area (Å²) in [6.45, 7) is 4.94. The van der Waals surface area contributed by atoms with Gasteiger partial charge in [-0.2, -0.15) is 0 Å². The molecule has 1 aromatic rings. The lowest BCUT2D eigenvalue weighted by Crippen LogP contribution is -2.36. The molecule has 0 aliphatic rings. The first-order valence-corrected chi connectivity index (χ1v) is 10.9. The van der Waals surface area contributed by atoms with Crippen molar-refractivity contribution in [2.24, 2.45) is 0 Å². The van der Waals surface area contributed by atoms with Crippen LogP contribution in [0.25, 0.3) is 0 Å². The minimum absolute atomic E-state index is 0.226. The van der Waals surface area contributed by atoms with Crippen LogP contribution in [0.3, 0.4) is 0 Å². The van der Waals surface area contributed by atoms with Crippen LogP contribution in [0.1, 0.15) is 85.9 Å². The largest absolute Gasteiger partial charge is 0.484 e. The van der Waals surface area contributed by atoms with E-state index in [0.717, 1.165) is 63.5 Å². The maximum atomic E-state index is 12.7. The zero-order valence-corrected chi connectivity index (χ0v) is 18.7. The molecule has 0 saturated heterocycles. The summed E-state index contributed by atoms with van der Waals surface area (Å²) in [5, 5.41) is 29.7. The molecule has 0 radical (unpaired) electrons. The number of nitrogens with zero attached hydrogens (tertiary/aromatic N) is 2. The molecule has 10 heteroatoms. The number of amides is 1. The molecule has 0 aromatic heterocycles. The van der Waals surface area contributed by atoms with Gasteiger partial charge in [0.25, 0.3) is 11.6 Å². The molecule has 1 aromatic carbocycles. The van der Waals surface area contributed by atoms with E-state index in [1.807, 2.05) is 0 Å². The molecule has 0 saturated carbocycles. The first-order valence-electron chi connectivity index (χ1n) is 10.9. The zero-order valence-electron chi connectivity index (χ0n) is 18.7. The van der Waals surface area contributed by atoms with Crippen LogP contribution in [-0.2, 0) is 4.79 Å². The second-order valence-corrected chi connectivity index (χ2v) is 7.53. The number of carbonyl (C=O) groups is 3. The standard InChI is InChI=1S/C22H32N2O8/c1-3-5-7-9-11-23(12-10-8-6-4-2)19(25)15-32-16-13-17(21(26)27)20(24(30)31)18(14-16)22(28)29/h13-14H,3-12,15H2,1-2H3,(H,26,27)(H,28,29). The molecule has 1 amide bonds. The van der Waals surface area contributed by atoms with Crippen molar-refractivity contribution in [2.45, 2.75) is 65.2 Å². The number of aromatic carboxylic acids is 2. The maximum absolute atomic E-state index is 12.7. The number of carboxylic acid groups (broad SMARTS) is 2. The Balaban J connectivity index is 2.96. The lowest BCUT2D eigenvalue weighted by molar-refractivity contribution is -0.385. The van der Waals surface area contributed by atoms with Crippen molar-refractivity contribution in [2.75, 3.05) is 19.7 Å². The quantitative estimate of drug-likeness (QED) is 0.214. The van der Waals surface area contributed by atoms with Gasteiger partial charge < -0.3 is 19.8 Å². The van der Waals surface area contributed by atoms with Gasteiger partial charge in [-0.3, -0.25) is 14.9 Å². The van der Waals surface area contributed by atoms with E-state index in [0.29, 0.717) is 13.1 Å². The number of ether oxygens (including phenoxy) is 1. The van der Waals surface area contributed by atoms with Crippen LogP contribution < -0.4 is 4.74 Å². The average molecular weight is 453 g/mol. The van der Waals surface area contributed by atoms with Crippen LogP contribution in [0.15, 0.2) is 12.1 Å². The molecule has 0 fully saturated rings. The highest BCUT2D eigenvalue weighted by Gasteiger charge is 2.30. The van der Waals surface area contributed by atoms with Crippen LogP contribution in [0.2, 0.25) is 0 Å². The number of hydrogen-bond donors (Lipinski definition) is 2. The fraction of sp³-hybridized carbons (Fsp3) is 0.591. The van der Waals surface area contributed by atoms with E-state index in [4.69, 9.17) is 4.74 Å². The highest BCUT2D eigenvalue weighted by molar-refractivity contribution is 6.01. The fourth-order valence-electron chi connectivity index (χ4n) is 3.27. The van der Waals surface area contributed by atoms with Crippen molar-refractivity contribution in [3.8, 4) is 5.75 Å². The van der Waals surface area contributed by atoms with Gasteiger partial charge in [0.15, 0.2) is 6.61 Å². The molecule has 178 valence electrons. The van der Waals surface area contributed by atoms with Gasteiger partial charge in [0.05, 0.1) is 4.92 Å². The van der Waals surface area contributed by atoms with Crippen LogP contribution in [0.5, 0.6) is 5.75 Å². The Labute approximate surface area is 187 Å². The van der Waals surface area contributed by atoms with Gasteiger partial charge in [-0.05, 0) is 12.8 Å². The summed E-state index contributed by atoms with van der Waals surface area (Å²) in [4.78, 5) is 47.4. The molecule has 1 rings (SSSR count). The minimum atomic E-state index is -1.66. The molecule has 10 nitrogen and oxygen atoms in total. The number of unbranched alkanes of at least 4 members (excludes halogenated alkanes) is 6. The summed E-state index contributed by atoms with van der Waals surface area (Å²) < 4.78 is 5.38. The van der Waals surface area contributed by atoms with Crippen LogP contribution in [-0.4, -0.2) is 57.6 Å². The number of nitro groups is 1. The van der Waals surface area contributed by atoms with Crippen LogP contribution >= 0.6 is 0 Å². The highest BCUT2D eigenvalue weighted by Crippen LogP contribution is 2.29. The first-order chi connectivity index (χ1) is 15.2. The average Bonchev–Trinajstić information content (AvgIpc) is 2.75. The third kappa shape index (κ3) is 8.52. The predicted molar refractivity (Wildman–Crippen MR) is 117 cm³/mol. The van der Waals surface area contributed by atoms with Gasteiger partial charge >= 0.3 is 11.9 Å². The second kappa shape index (κ2) is 14.0. The Hall–Kier alpha value is -3.17. The van der Waals surface area contributed by atoms with E-state index in [1.54, 1.807) is 4.90 Å². The molecule has 0 atom stereocenters. The van der Waals surface area contributed by atoms with E-state index in [2.05, 4.69) is 13.8 Å². The Kier molecular flexibility index (Phi) is 11.8. The molecule has 0 spiro atoms. The minimum Gasteiger partial charge on any atom is -0.484 e. The first kappa shape index (κ1) is 26.9. The van der Waals surface area contributed by atoms with Crippen molar-refractivity contribution in [1.29, 1.82) is 0 Å². The third-order valence-corrected chi connectivity index (χ3v) is 5.01. The van der Waals surface area contributed by atoms with Crippen molar-refractivity contribution in [1.82, 2.24) is 4.90 Å². The molecule has 32 heavy (non-hydrogen) atoms. The summed E-state index contributed by atoms with van der Waals surface area (Å²) in [6.07, 6.45) is 8.02. The number of benzene rings is 1. The van der Waals surface area contributed by atoms with Crippen LogP contribution in [0.4, 0.5) is 5.69 Å². The Bertz CT molecular complexity index is 762. The molecule has 2 N–H and O–H groups in total. The van der Waals surface area contributed by atoms with Gasteiger partial charge in [0.2, 0.25) is 0 Å². The van der Waals surface area contributed by atoms with E-state index >= 15 is 0 Å². The number of carbonyl (C=O) groups excluding carboxylic acids is 1. The summed E-state index contributed by atoms with van der Waals surface area (Å²) >= 11 is 0. The van der Waals surface area contributed by atoms with Crippen LogP contribution in [0, 0.1) is 10.1 Å². The second-order valence-electron chi connectivity index (χ2n) is 7.53. The zero-order chi connectivity index (χ0) is 24.1. The highest BCUT2D eigenvalue weighted by atomic mass is 16.6. The smallest absolute Gasteiger partial charge is 0.342 e. The van der Waals surface area contributed by atoms with E-state index in [1.165, 1.54) is 0 Å². The maximum Gasteiger partial charge on any atom is 0.342 e. The topological polar surface area (TPSA) is 147 Å². The van der Waals surface area contributed by atoms with Gasteiger partial charge in [-0.25, -0.2) is 9.59 Å². The summed E-state index contributed by atoms with van der Waals surface area (Å²) in [5.41, 5.74) is -2.65. The van der Waals surface area contributed by atoms with Crippen molar-refractivity contribution in [3.05, 3.63) is 33.4 Å². The van der Waals surface area contributed by atoms with Gasteiger partial charge in [0.1, 0.15) is 16.9 Å². The van der Waals surface area contributed by atoms with Crippen molar-refractivity contribution >= 4 is 23.5 Å². The fourth-order valence-corrected chi connectivity index (χ4v) is 3.27. The summed E-state index contributed by atoms with van der Waals surface area (Å²) in [6, 6.07) is 1.74. The molecule has 0 aliphatic carbocycles. The molecule has 0 bridgehead atoms. The lowest BCUT2D eigenvalue weighted by atomic mass is 10.1. The number of hydrogen-bond acceptors (Lipinski definition) is 6. The summed E-state index contributed by atoms with van der Waals surface area (Å²) in [5.74, 6) is -3.85. The predicted octanol–water partition coefficient (Wildman–Crippen LogP) is 4.36. The number of rotatable bonds is 16. The molecule has 0 heterocycles. The van der Waals surface area contributed by atoms with E-state index in [-0.39, 0.29) is 11.7 Å². The molecule has 0 unspecified atom stereocenters. The van der Waals surface area contributed by atoms with E-state index < -0.39 is 40.3 Å². The van der Waals surface area contributed by atoms with Gasteiger partial charge in [-0.15, -0.1) is 0 Å². The van der Waals surface area contributed by atoms with Gasteiger partial charge in [0, 0.05) is 25.2 Å². The Morgan fingerprint density at radius 1 is 0.906 bits per heavy atom.